The Morgan fingerprint density at radius 1 is 1.00 bits per heavy atom. The molecule has 1 heterocycles. The summed E-state index contributed by atoms with van der Waals surface area (Å²) < 4.78 is 11.2. The highest BCUT2D eigenvalue weighted by Crippen LogP contribution is 2.25. The number of Topliss-reactive ketones (excluding diaryl/α,β-unsaturated/α-hetero) is 1. The number of hydrogen-bond donors (Lipinski definition) is 0. The highest BCUT2D eigenvalue weighted by atomic mass is 35.5. The molecule has 0 aliphatic heterocycles. The molecule has 0 bridgehead atoms. The number of ether oxygens (including phenoxy) is 1. The quantitative estimate of drug-likeness (QED) is 0.302. The highest BCUT2D eigenvalue weighted by molar-refractivity contribution is 6.30. The number of ketones is 1. The number of hydrogen-bond acceptors (Lipinski definition) is 4. The van der Waals surface area contributed by atoms with Gasteiger partial charge in [-0.05, 0) is 54.4 Å². The molecule has 3 aromatic carbocycles. The maximum atomic E-state index is 12.6. The lowest BCUT2D eigenvalue weighted by Gasteiger charge is -2.10. The van der Waals surface area contributed by atoms with Gasteiger partial charge in [0.15, 0.2) is 12.4 Å². The molecule has 0 aliphatic carbocycles. The van der Waals surface area contributed by atoms with E-state index in [0.717, 1.165) is 16.5 Å². The molecule has 150 valence electrons. The Bertz CT molecular complexity index is 1260. The summed E-state index contributed by atoms with van der Waals surface area (Å²) in [5.41, 5.74) is 3.17. The molecule has 0 N–H and O–H groups in total. The molecule has 4 nitrogen and oxygen atoms in total. The highest BCUT2D eigenvalue weighted by Gasteiger charge is 2.13. The first-order valence-electron chi connectivity index (χ1n) is 9.53. The molecule has 0 saturated carbocycles. The standard InChI is InChI=1S/C25H19ClO4/c1-16-21-12-11-20(29-15-23(27)18-7-9-19(26)10-8-18)14-24(21)30-25(28)22(16)13-17-5-3-2-4-6-17/h2-12,14H,13,15H2,1H3. The lowest BCUT2D eigenvalue weighted by atomic mass is 10.00. The summed E-state index contributed by atoms with van der Waals surface area (Å²) in [6.07, 6.45) is 0.513. The molecule has 1 aromatic heterocycles. The van der Waals surface area contributed by atoms with Crippen LogP contribution >= 0.6 is 11.6 Å². The number of benzene rings is 3. The molecule has 0 aliphatic rings. The summed E-state index contributed by atoms with van der Waals surface area (Å²) in [5, 5.41) is 1.41. The van der Waals surface area contributed by atoms with Crippen LogP contribution < -0.4 is 10.4 Å². The zero-order chi connectivity index (χ0) is 21.1. The summed E-state index contributed by atoms with van der Waals surface area (Å²) in [5.74, 6) is 0.297. The van der Waals surface area contributed by atoms with E-state index in [1.807, 2.05) is 43.3 Å². The summed E-state index contributed by atoms with van der Waals surface area (Å²) in [6.45, 7) is 1.80. The van der Waals surface area contributed by atoms with Crippen molar-refractivity contribution in [2.45, 2.75) is 13.3 Å². The van der Waals surface area contributed by atoms with Crippen molar-refractivity contribution in [1.29, 1.82) is 0 Å². The third-order valence-corrected chi connectivity index (χ3v) is 5.27. The zero-order valence-electron chi connectivity index (χ0n) is 16.4. The molecule has 0 amide bonds. The van der Waals surface area contributed by atoms with Crippen LogP contribution in [0.15, 0.2) is 82.0 Å². The van der Waals surface area contributed by atoms with Crippen LogP contribution in [0.25, 0.3) is 11.0 Å². The molecule has 0 fully saturated rings. The van der Waals surface area contributed by atoms with Gasteiger partial charge in [0.25, 0.3) is 0 Å². The molecule has 0 spiro atoms. The van der Waals surface area contributed by atoms with Gasteiger partial charge in [-0.15, -0.1) is 0 Å². The maximum Gasteiger partial charge on any atom is 0.340 e. The lowest BCUT2D eigenvalue weighted by Crippen LogP contribution is -2.12. The predicted octanol–water partition coefficient (Wildman–Crippen LogP) is 5.61. The first kappa shape index (κ1) is 19.9. The molecule has 0 radical (unpaired) electrons. The van der Waals surface area contributed by atoms with Gasteiger partial charge >= 0.3 is 5.63 Å². The number of rotatable bonds is 6. The van der Waals surface area contributed by atoms with Gasteiger partial charge in [-0.1, -0.05) is 41.9 Å². The smallest absolute Gasteiger partial charge is 0.340 e. The summed E-state index contributed by atoms with van der Waals surface area (Å²) >= 11 is 5.85. The Hall–Kier alpha value is -3.37. The largest absolute Gasteiger partial charge is 0.485 e. The predicted molar refractivity (Wildman–Crippen MR) is 118 cm³/mol. The van der Waals surface area contributed by atoms with Gasteiger partial charge in [0.05, 0.1) is 0 Å². The van der Waals surface area contributed by atoms with Crippen molar-refractivity contribution in [3.63, 3.8) is 0 Å². The van der Waals surface area contributed by atoms with Crippen LogP contribution in [-0.4, -0.2) is 12.4 Å². The van der Waals surface area contributed by atoms with Crippen LogP contribution in [0.2, 0.25) is 5.02 Å². The first-order valence-corrected chi connectivity index (χ1v) is 9.91. The van der Waals surface area contributed by atoms with E-state index < -0.39 is 0 Å². The van der Waals surface area contributed by atoms with Crippen molar-refractivity contribution >= 4 is 28.4 Å². The SMILES string of the molecule is Cc1c(Cc2ccccc2)c(=O)oc2cc(OCC(=O)c3ccc(Cl)cc3)ccc12. The molecule has 5 heteroatoms. The minimum atomic E-state index is -0.363. The maximum absolute atomic E-state index is 12.6. The Balaban J connectivity index is 1.55. The van der Waals surface area contributed by atoms with Crippen molar-refractivity contribution in [1.82, 2.24) is 0 Å². The van der Waals surface area contributed by atoms with Gasteiger partial charge in [-0.2, -0.15) is 0 Å². The monoisotopic (exact) mass is 418 g/mol. The van der Waals surface area contributed by atoms with Crippen LogP contribution in [0, 0.1) is 6.92 Å². The molecule has 0 atom stereocenters. The van der Waals surface area contributed by atoms with Crippen LogP contribution in [-0.2, 0) is 6.42 Å². The second-order valence-electron chi connectivity index (χ2n) is 7.03. The molecule has 30 heavy (non-hydrogen) atoms. The number of aryl methyl sites for hydroxylation is 1. The Morgan fingerprint density at radius 3 is 2.47 bits per heavy atom. The fraction of sp³-hybridized carbons (Fsp3) is 0.120. The van der Waals surface area contributed by atoms with Crippen LogP contribution in [0.1, 0.15) is 27.0 Å². The van der Waals surface area contributed by atoms with Gasteiger partial charge in [0.2, 0.25) is 0 Å². The molecular weight excluding hydrogens is 400 g/mol. The van der Waals surface area contributed by atoms with Gasteiger partial charge < -0.3 is 9.15 Å². The van der Waals surface area contributed by atoms with Crippen molar-refractivity contribution in [2.24, 2.45) is 0 Å². The molecule has 0 unspecified atom stereocenters. The number of fused-ring (bicyclic) bond motifs is 1. The van der Waals surface area contributed by atoms with E-state index in [1.165, 1.54) is 0 Å². The third-order valence-electron chi connectivity index (χ3n) is 5.02. The normalized spacial score (nSPS) is 10.9. The van der Waals surface area contributed by atoms with Crippen molar-refractivity contribution < 1.29 is 13.9 Å². The minimum Gasteiger partial charge on any atom is -0.485 e. The summed E-state index contributed by atoms with van der Waals surface area (Å²) in [4.78, 5) is 24.9. The van der Waals surface area contributed by atoms with Crippen molar-refractivity contribution in [3.8, 4) is 5.75 Å². The fourth-order valence-electron chi connectivity index (χ4n) is 3.34. The van der Waals surface area contributed by atoms with Crippen molar-refractivity contribution in [2.75, 3.05) is 6.61 Å². The molecule has 4 rings (SSSR count). The third kappa shape index (κ3) is 4.29. The van der Waals surface area contributed by atoms with Crippen molar-refractivity contribution in [3.05, 3.63) is 110 Å². The van der Waals surface area contributed by atoms with Gasteiger partial charge in [-0.3, -0.25) is 4.79 Å². The number of carbonyl (C=O) groups is 1. The lowest BCUT2D eigenvalue weighted by molar-refractivity contribution is 0.0921. The van der Waals surface area contributed by atoms with Gasteiger partial charge in [-0.25, -0.2) is 4.79 Å². The average molecular weight is 419 g/mol. The summed E-state index contributed by atoms with van der Waals surface area (Å²) in [7, 11) is 0. The molecule has 0 saturated heterocycles. The Kier molecular flexibility index (Phi) is 5.68. The van der Waals surface area contributed by atoms with E-state index in [4.69, 9.17) is 20.8 Å². The van der Waals surface area contributed by atoms with E-state index in [9.17, 15) is 9.59 Å². The second-order valence-corrected chi connectivity index (χ2v) is 7.47. The van der Waals surface area contributed by atoms with E-state index in [0.29, 0.717) is 33.9 Å². The van der Waals surface area contributed by atoms with Crippen LogP contribution in [0.4, 0.5) is 0 Å². The van der Waals surface area contributed by atoms with E-state index in [2.05, 4.69) is 0 Å². The number of carbonyl (C=O) groups excluding carboxylic acids is 1. The first-order chi connectivity index (χ1) is 14.5. The van der Waals surface area contributed by atoms with E-state index in [1.54, 1.807) is 36.4 Å². The van der Waals surface area contributed by atoms with E-state index in [-0.39, 0.29) is 18.0 Å². The minimum absolute atomic E-state index is 0.123. The summed E-state index contributed by atoms with van der Waals surface area (Å²) in [6, 6.07) is 21.7. The van der Waals surface area contributed by atoms with Crippen LogP contribution in [0.5, 0.6) is 5.75 Å². The van der Waals surface area contributed by atoms with Crippen LogP contribution in [0.3, 0.4) is 0 Å². The Morgan fingerprint density at radius 2 is 1.73 bits per heavy atom. The topological polar surface area (TPSA) is 56.5 Å². The zero-order valence-corrected chi connectivity index (χ0v) is 17.1. The van der Waals surface area contributed by atoms with E-state index >= 15 is 0 Å². The molecule has 4 aromatic rings. The fourth-order valence-corrected chi connectivity index (χ4v) is 3.46. The average Bonchev–Trinajstić information content (AvgIpc) is 2.76. The molecular formula is C25H19ClO4. The van der Waals surface area contributed by atoms with Gasteiger partial charge in [0.1, 0.15) is 11.3 Å². The Labute approximate surface area is 178 Å². The number of halogens is 1. The van der Waals surface area contributed by atoms with Gasteiger partial charge in [0, 0.05) is 34.0 Å². The second kappa shape index (κ2) is 8.56.